The lowest BCUT2D eigenvalue weighted by Crippen LogP contribution is -2.17. The highest BCUT2D eigenvalue weighted by Crippen LogP contribution is 2.41. The first-order valence-electron chi connectivity index (χ1n) is 10.5. The molecule has 0 radical (unpaired) electrons. The number of carbonyl (C=O) groups excluding carboxylic acids is 1. The summed E-state index contributed by atoms with van der Waals surface area (Å²) in [6.45, 7) is 2.09. The number of amides is 1. The number of anilines is 2. The Morgan fingerprint density at radius 3 is 2.64 bits per heavy atom. The van der Waals surface area contributed by atoms with Crippen molar-refractivity contribution in [3.8, 4) is 11.5 Å². The molecule has 0 saturated heterocycles. The molecule has 0 saturated carbocycles. The average molecular weight is 464 g/mol. The second kappa shape index (κ2) is 10.2. The van der Waals surface area contributed by atoms with E-state index in [2.05, 4.69) is 28.6 Å². The summed E-state index contributed by atoms with van der Waals surface area (Å²) in [5, 5.41) is 7.27. The minimum absolute atomic E-state index is 0.253. The molecule has 0 spiro atoms. The number of hydrogen-bond acceptors (Lipinski definition) is 7. The summed E-state index contributed by atoms with van der Waals surface area (Å²) in [6, 6.07) is 16.5. The third kappa shape index (κ3) is 5.01. The van der Waals surface area contributed by atoms with Crippen molar-refractivity contribution >= 4 is 28.1 Å². The fourth-order valence-electron chi connectivity index (χ4n) is 3.49. The van der Waals surface area contributed by atoms with Gasteiger partial charge in [0.25, 0.3) is 5.91 Å². The molecule has 1 atom stereocenters. The minimum Gasteiger partial charge on any atom is -0.497 e. The summed E-state index contributed by atoms with van der Waals surface area (Å²) in [7, 11) is 3.24. The number of aromatic nitrogens is 1. The quantitative estimate of drug-likeness (QED) is 0.328. The Morgan fingerprint density at radius 2 is 1.97 bits per heavy atom. The molecule has 3 heterocycles. The molecular formula is C25H25N3O4S. The van der Waals surface area contributed by atoms with E-state index in [9.17, 15) is 4.79 Å². The molecule has 0 fully saturated rings. The van der Waals surface area contributed by atoms with Crippen LogP contribution in [0.4, 0.5) is 10.8 Å². The third-order valence-electron chi connectivity index (χ3n) is 5.15. The normalized spacial score (nSPS) is 11.6. The summed E-state index contributed by atoms with van der Waals surface area (Å²) in [5.41, 5.74) is 1.80. The number of carbonyl (C=O) groups is 1. The van der Waals surface area contributed by atoms with Crippen molar-refractivity contribution in [2.24, 2.45) is 0 Å². The second-order valence-corrected chi connectivity index (χ2v) is 8.32. The highest BCUT2D eigenvalue weighted by Gasteiger charge is 2.26. The van der Waals surface area contributed by atoms with Crippen molar-refractivity contribution < 1.29 is 18.7 Å². The predicted molar refractivity (Wildman–Crippen MR) is 130 cm³/mol. The van der Waals surface area contributed by atoms with E-state index in [4.69, 9.17) is 13.9 Å². The number of thiophene rings is 1. The smallest absolute Gasteiger partial charge is 0.291 e. The van der Waals surface area contributed by atoms with Crippen LogP contribution >= 0.6 is 11.3 Å². The molecule has 3 aromatic heterocycles. The molecule has 1 amide bonds. The van der Waals surface area contributed by atoms with Gasteiger partial charge < -0.3 is 24.5 Å². The van der Waals surface area contributed by atoms with Gasteiger partial charge in [0.05, 0.1) is 26.5 Å². The Kier molecular flexibility index (Phi) is 6.95. The van der Waals surface area contributed by atoms with Crippen molar-refractivity contribution in [1.82, 2.24) is 4.98 Å². The number of pyridine rings is 1. The highest BCUT2D eigenvalue weighted by atomic mass is 32.1. The second-order valence-electron chi connectivity index (χ2n) is 7.18. The largest absolute Gasteiger partial charge is 0.497 e. The van der Waals surface area contributed by atoms with Crippen molar-refractivity contribution in [2.45, 2.75) is 19.4 Å². The van der Waals surface area contributed by atoms with Crippen LogP contribution in [0.3, 0.4) is 0 Å². The molecule has 8 heteroatoms. The minimum atomic E-state index is -0.343. The zero-order valence-electron chi connectivity index (χ0n) is 18.6. The number of nitrogens with one attached hydrogen (secondary N) is 2. The Balaban J connectivity index is 1.80. The van der Waals surface area contributed by atoms with Crippen LogP contribution in [0.1, 0.15) is 39.5 Å². The number of furan rings is 1. The zero-order valence-corrected chi connectivity index (χ0v) is 19.4. The van der Waals surface area contributed by atoms with Crippen LogP contribution < -0.4 is 20.1 Å². The van der Waals surface area contributed by atoms with E-state index in [1.807, 2.05) is 36.4 Å². The van der Waals surface area contributed by atoms with E-state index < -0.39 is 0 Å². The third-order valence-corrected chi connectivity index (χ3v) is 6.36. The standard InChI is InChI=1S/C25H25N3O4S/c1-4-17-15-19(25(33-17)28-24(29)20-8-7-13-32-20)23(27-22-9-5-6-12-26-22)18-11-10-16(30-2)14-21(18)31-3/h5-15,23H,4H2,1-3H3,(H,26,27)(H,28,29)/t23-/m1/s1. The van der Waals surface area contributed by atoms with Crippen LogP contribution in [0.25, 0.3) is 0 Å². The Labute approximate surface area is 196 Å². The molecule has 0 bridgehead atoms. The van der Waals surface area contributed by atoms with Gasteiger partial charge in [-0.15, -0.1) is 11.3 Å². The summed E-state index contributed by atoms with van der Waals surface area (Å²) in [4.78, 5) is 18.4. The first kappa shape index (κ1) is 22.4. The van der Waals surface area contributed by atoms with Crippen LogP contribution in [-0.4, -0.2) is 25.1 Å². The van der Waals surface area contributed by atoms with E-state index in [0.717, 1.165) is 27.4 Å². The maximum atomic E-state index is 12.8. The predicted octanol–water partition coefficient (Wildman–Crippen LogP) is 5.77. The topological polar surface area (TPSA) is 85.6 Å². The number of nitrogens with zero attached hydrogens (tertiary/aromatic N) is 1. The number of aryl methyl sites for hydroxylation is 1. The lowest BCUT2D eigenvalue weighted by Gasteiger charge is -2.23. The maximum absolute atomic E-state index is 12.8. The van der Waals surface area contributed by atoms with E-state index in [1.165, 1.54) is 6.26 Å². The fourth-order valence-corrected chi connectivity index (χ4v) is 4.52. The van der Waals surface area contributed by atoms with Crippen LogP contribution in [0.2, 0.25) is 0 Å². The van der Waals surface area contributed by atoms with Crippen LogP contribution in [0.5, 0.6) is 11.5 Å². The molecule has 0 aliphatic heterocycles. The summed E-state index contributed by atoms with van der Waals surface area (Å²) in [5.74, 6) is 2.01. The van der Waals surface area contributed by atoms with Gasteiger partial charge in [-0.3, -0.25) is 4.79 Å². The molecule has 2 N–H and O–H groups in total. The SMILES string of the molecule is CCc1cc([C@H](Nc2ccccn2)c2ccc(OC)cc2OC)c(NC(=O)c2ccco2)s1. The molecule has 0 unspecified atom stereocenters. The van der Waals surface area contributed by atoms with Crippen molar-refractivity contribution in [3.63, 3.8) is 0 Å². The first-order valence-corrected chi connectivity index (χ1v) is 11.3. The van der Waals surface area contributed by atoms with Crippen molar-refractivity contribution in [3.05, 3.63) is 88.8 Å². The molecule has 7 nitrogen and oxygen atoms in total. The summed E-state index contributed by atoms with van der Waals surface area (Å²) in [6.07, 6.45) is 4.05. The molecule has 0 aliphatic carbocycles. The van der Waals surface area contributed by atoms with Crippen LogP contribution in [0.15, 0.2) is 71.5 Å². The van der Waals surface area contributed by atoms with Gasteiger partial charge in [0.2, 0.25) is 0 Å². The van der Waals surface area contributed by atoms with Crippen LogP contribution in [-0.2, 0) is 6.42 Å². The highest BCUT2D eigenvalue weighted by molar-refractivity contribution is 7.16. The summed E-state index contributed by atoms with van der Waals surface area (Å²) < 4.78 is 16.4. The van der Waals surface area contributed by atoms with Crippen LogP contribution in [0, 0.1) is 0 Å². The van der Waals surface area contributed by atoms with Crippen molar-refractivity contribution in [1.29, 1.82) is 0 Å². The molecule has 0 aliphatic rings. The average Bonchev–Trinajstić information content (AvgIpc) is 3.53. The van der Waals surface area contributed by atoms with E-state index >= 15 is 0 Å². The number of ether oxygens (including phenoxy) is 2. The molecular weight excluding hydrogens is 438 g/mol. The van der Waals surface area contributed by atoms with Gasteiger partial charge in [-0.1, -0.05) is 13.0 Å². The van der Waals surface area contributed by atoms with E-state index in [1.54, 1.807) is 43.9 Å². The number of hydrogen-bond donors (Lipinski definition) is 2. The Bertz CT molecular complexity index is 1210. The number of benzene rings is 1. The zero-order chi connectivity index (χ0) is 23.2. The van der Waals surface area contributed by atoms with Gasteiger partial charge in [0.15, 0.2) is 5.76 Å². The monoisotopic (exact) mass is 463 g/mol. The fraction of sp³-hybridized carbons (Fsp3) is 0.200. The van der Waals surface area contributed by atoms with Gasteiger partial charge in [0.1, 0.15) is 22.3 Å². The van der Waals surface area contributed by atoms with E-state index in [0.29, 0.717) is 17.3 Å². The van der Waals surface area contributed by atoms with Gasteiger partial charge in [0, 0.05) is 28.3 Å². The molecule has 4 aromatic rings. The first-order chi connectivity index (χ1) is 16.1. The maximum Gasteiger partial charge on any atom is 0.291 e. The Hall–Kier alpha value is -3.78. The Morgan fingerprint density at radius 1 is 1.09 bits per heavy atom. The van der Waals surface area contributed by atoms with E-state index in [-0.39, 0.29) is 17.7 Å². The van der Waals surface area contributed by atoms with Gasteiger partial charge in [-0.05, 0) is 48.9 Å². The number of rotatable bonds is 9. The van der Waals surface area contributed by atoms with Gasteiger partial charge >= 0.3 is 0 Å². The van der Waals surface area contributed by atoms with Gasteiger partial charge in [-0.25, -0.2) is 4.98 Å². The lowest BCUT2D eigenvalue weighted by atomic mass is 9.98. The molecule has 33 heavy (non-hydrogen) atoms. The lowest BCUT2D eigenvalue weighted by molar-refractivity contribution is 0.0997. The van der Waals surface area contributed by atoms with Gasteiger partial charge in [-0.2, -0.15) is 0 Å². The molecule has 170 valence electrons. The number of methoxy groups -OCH3 is 2. The molecule has 1 aromatic carbocycles. The van der Waals surface area contributed by atoms with Crippen molar-refractivity contribution in [2.75, 3.05) is 24.9 Å². The summed E-state index contributed by atoms with van der Waals surface area (Å²) >= 11 is 1.54. The molecule has 4 rings (SSSR count).